The summed E-state index contributed by atoms with van der Waals surface area (Å²) in [5, 5.41) is 9.10. The van der Waals surface area contributed by atoms with Crippen molar-refractivity contribution in [2.75, 3.05) is 20.3 Å². The van der Waals surface area contributed by atoms with Crippen LogP contribution in [-0.2, 0) is 16.1 Å². The number of thiazole rings is 1. The zero-order valence-electron chi connectivity index (χ0n) is 24.5. The Bertz CT molecular complexity index is 2010. The largest absolute Gasteiger partial charge is 0.490 e. The SMILES string of the molecule is CCOc1ccc([C@H]2C(C(=O)OC)=CN=c3s/c(=C/c4cc(I)cc(I)c4OCc4ccc(C#N)cc4)c(=O)n32)cc1OCC. The number of carbonyl (C=O) groups is 1. The standard InChI is InChI=1S/C33H27I2N3O6S/c1-4-42-26-11-10-21(13-27(26)43-5-2)29-24(32(40)41-3)17-37-33-38(29)31(39)28(45-33)14-22-12-23(34)15-25(35)30(22)44-18-20-8-6-19(16-36)7-9-20/h6-15,17,29H,4-5,18H2,1-3H3/b28-14+/t29-/m0/s1. The number of rotatable bonds is 10. The lowest BCUT2D eigenvalue weighted by atomic mass is 9.97. The van der Waals surface area contributed by atoms with Crippen LogP contribution in [0.3, 0.4) is 0 Å². The first-order valence-corrected chi connectivity index (χ1v) is 16.8. The smallest absolute Gasteiger partial charge is 0.337 e. The lowest BCUT2D eigenvalue weighted by Crippen LogP contribution is -2.39. The summed E-state index contributed by atoms with van der Waals surface area (Å²) in [6.07, 6.45) is 3.26. The van der Waals surface area contributed by atoms with E-state index in [1.54, 1.807) is 30.3 Å². The van der Waals surface area contributed by atoms with Crippen molar-refractivity contribution in [3.8, 4) is 23.3 Å². The fourth-order valence-corrected chi connectivity index (χ4v) is 7.80. The summed E-state index contributed by atoms with van der Waals surface area (Å²) < 4.78 is 26.7. The van der Waals surface area contributed by atoms with Crippen LogP contribution >= 0.6 is 56.5 Å². The lowest BCUT2D eigenvalue weighted by molar-refractivity contribution is -0.136. The molecule has 230 valence electrons. The molecule has 12 heteroatoms. The molecule has 0 amide bonds. The first kappa shape index (κ1) is 32.7. The highest BCUT2D eigenvalue weighted by Crippen LogP contribution is 2.35. The zero-order chi connectivity index (χ0) is 32.1. The van der Waals surface area contributed by atoms with Crippen molar-refractivity contribution in [2.45, 2.75) is 26.5 Å². The number of nitrogens with zero attached hydrogens (tertiary/aromatic N) is 3. The Morgan fingerprint density at radius 1 is 1.04 bits per heavy atom. The Hall–Kier alpha value is -3.68. The van der Waals surface area contributed by atoms with Gasteiger partial charge in [-0.25, -0.2) is 9.79 Å². The van der Waals surface area contributed by atoms with E-state index in [-0.39, 0.29) is 17.7 Å². The molecule has 1 aliphatic rings. The Labute approximate surface area is 290 Å². The van der Waals surface area contributed by atoms with Crippen LogP contribution in [0.1, 0.15) is 42.1 Å². The molecule has 1 aliphatic heterocycles. The summed E-state index contributed by atoms with van der Waals surface area (Å²) in [6.45, 7) is 4.92. The highest BCUT2D eigenvalue weighted by Gasteiger charge is 2.31. The molecule has 9 nitrogen and oxygen atoms in total. The van der Waals surface area contributed by atoms with E-state index in [0.29, 0.717) is 50.9 Å². The van der Waals surface area contributed by atoms with Gasteiger partial charge in [0.1, 0.15) is 12.4 Å². The van der Waals surface area contributed by atoms with Crippen LogP contribution in [0.2, 0.25) is 0 Å². The predicted molar refractivity (Wildman–Crippen MR) is 187 cm³/mol. The molecular formula is C33H27I2N3O6S. The third kappa shape index (κ3) is 7.10. The highest BCUT2D eigenvalue weighted by atomic mass is 127. The molecule has 0 fully saturated rings. The minimum absolute atomic E-state index is 0.221. The Balaban J connectivity index is 1.61. The highest BCUT2D eigenvalue weighted by molar-refractivity contribution is 14.1. The van der Waals surface area contributed by atoms with E-state index in [1.165, 1.54) is 29.2 Å². The number of methoxy groups -OCH3 is 1. The molecule has 0 N–H and O–H groups in total. The lowest BCUT2D eigenvalue weighted by Gasteiger charge is -2.23. The summed E-state index contributed by atoms with van der Waals surface area (Å²) in [5.74, 6) is 1.13. The maximum absolute atomic E-state index is 14.1. The third-order valence-corrected chi connectivity index (χ3v) is 9.22. The first-order valence-electron chi connectivity index (χ1n) is 13.9. The first-order chi connectivity index (χ1) is 21.8. The van der Waals surface area contributed by atoms with Gasteiger partial charge in [-0.15, -0.1) is 0 Å². The number of halogens is 2. The number of esters is 1. The van der Waals surface area contributed by atoms with Crippen molar-refractivity contribution >= 4 is 68.6 Å². The zero-order valence-corrected chi connectivity index (χ0v) is 29.6. The van der Waals surface area contributed by atoms with Gasteiger partial charge in [0, 0.05) is 15.3 Å². The van der Waals surface area contributed by atoms with Gasteiger partial charge in [0.2, 0.25) is 0 Å². The molecule has 0 saturated heterocycles. The van der Waals surface area contributed by atoms with E-state index in [4.69, 9.17) is 24.2 Å². The van der Waals surface area contributed by atoms with Gasteiger partial charge in [-0.3, -0.25) is 9.36 Å². The van der Waals surface area contributed by atoms with Crippen molar-refractivity contribution in [2.24, 2.45) is 4.99 Å². The summed E-state index contributed by atoms with van der Waals surface area (Å²) in [7, 11) is 1.30. The molecule has 0 unspecified atom stereocenters. The van der Waals surface area contributed by atoms with Crippen molar-refractivity contribution in [1.82, 2.24) is 4.57 Å². The number of nitriles is 1. The van der Waals surface area contributed by atoms with E-state index >= 15 is 0 Å². The summed E-state index contributed by atoms with van der Waals surface area (Å²) in [5.41, 5.74) is 2.78. The van der Waals surface area contributed by atoms with Crippen LogP contribution in [0.25, 0.3) is 6.08 Å². The van der Waals surface area contributed by atoms with E-state index < -0.39 is 12.0 Å². The monoisotopic (exact) mass is 847 g/mol. The van der Waals surface area contributed by atoms with E-state index in [9.17, 15) is 9.59 Å². The van der Waals surface area contributed by atoms with Gasteiger partial charge in [0.15, 0.2) is 16.3 Å². The second-order valence-electron chi connectivity index (χ2n) is 9.65. The molecule has 1 atom stereocenters. The molecule has 4 aromatic rings. The number of ether oxygens (including phenoxy) is 4. The van der Waals surface area contributed by atoms with Gasteiger partial charge in [0.25, 0.3) is 5.56 Å². The average molecular weight is 847 g/mol. The van der Waals surface area contributed by atoms with Crippen molar-refractivity contribution in [1.29, 1.82) is 5.26 Å². The Morgan fingerprint density at radius 2 is 1.78 bits per heavy atom. The van der Waals surface area contributed by atoms with Crippen LogP contribution in [0.5, 0.6) is 17.2 Å². The van der Waals surface area contributed by atoms with Crippen molar-refractivity contribution in [3.63, 3.8) is 0 Å². The molecule has 2 heterocycles. The van der Waals surface area contributed by atoms with Crippen LogP contribution in [0, 0.1) is 18.5 Å². The minimum Gasteiger partial charge on any atom is -0.490 e. The Morgan fingerprint density at radius 3 is 2.47 bits per heavy atom. The van der Waals surface area contributed by atoms with Crippen molar-refractivity contribution in [3.05, 3.63) is 115 Å². The predicted octanol–water partition coefficient (Wildman–Crippen LogP) is 5.48. The van der Waals surface area contributed by atoms with Crippen LogP contribution in [0.15, 0.2) is 76.2 Å². The number of hydrogen-bond donors (Lipinski definition) is 0. The summed E-state index contributed by atoms with van der Waals surface area (Å²) in [6, 6.07) is 17.9. The summed E-state index contributed by atoms with van der Waals surface area (Å²) >= 11 is 5.68. The van der Waals surface area contributed by atoms with Gasteiger partial charge < -0.3 is 18.9 Å². The third-order valence-electron chi connectivity index (χ3n) is 6.80. The molecule has 5 rings (SSSR count). The van der Waals surface area contributed by atoms with Crippen LogP contribution in [0.4, 0.5) is 0 Å². The van der Waals surface area contributed by atoms with Gasteiger partial charge in [-0.05, 0) is 113 Å². The fraction of sp³-hybridized carbons (Fsp3) is 0.212. The quantitative estimate of drug-likeness (QED) is 0.154. The van der Waals surface area contributed by atoms with Crippen molar-refractivity contribution < 1.29 is 23.7 Å². The minimum atomic E-state index is -0.797. The van der Waals surface area contributed by atoms with Gasteiger partial charge >= 0.3 is 5.97 Å². The molecule has 3 aromatic carbocycles. The topological polar surface area (TPSA) is 112 Å². The number of benzene rings is 3. The molecule has 0 aliphatic carbocycles. The average Bonchev–Trinajstić information content (AvgIpc) is 3.35. The summed E-state index contributed by atoms with van der Waals surface area (Å²) in [4.78, 5) is 32.0. The molecular weight excluding hydrogens is 820 g/mol. The van der Waals surface area contributed by atoms with Gasteiger partial charge in [-0.1, -0.05) is 29.5 Å². The maximum atomic E-state index is 14.1. The van der Waals surface area contributed by atoms with E-state index in [1.807, 2.05) is 44.2 Å². The van der Waals surface area contributed by atoms with Crippen LogP contribution in [-0.4, -0.2) is 30.9 Å². The second-order valence-corrected chi connectivity index (χ2v) is 13.1. The Kier molecular flexibility index (Phi) is 10.6. The van der Waals surface area contributed by atoms with Gasteiger partial charge in [0.05, 0.1) is 51.7 Å². The number of carbonyl (C=O) groups excluding carboxylic acids is 1. The van der Waals surface area contributed by atoms with Gasteiger partial charge in [-0.2, -0.15) is 5.26 Å². The second kappa shape index (κ2) is 14.6. The normalized spacial score (nSPS) is 14.1. The van der Waals surface area contributed by atoms with Crippen LogP contribution < -0.4 is 29.1 Å². The van der Waals surface area contributed by atoms with E-state index in [2.05, 4.69) is 56.2 Å². The molecule has 0 spiro atoms. The molecule has 0 saturated carbocycles. The number of aromatic nitrogens is 1. The maximum Gasteiger partial charge on any atom is 0.337 e. The molecule has 1 aromatic heterocycles. The molecule has 0 radical (unpaired) electrons. The molecule has 0 bridgehead atoms. The number of hydrogen-bond acceptors (Lipinski definition) is 9. The fourth-order valence-electron chi connectivity index (χ4n) is 4.80. The van der Waals surface area contributed by atoms with E-state index in [0.717, 1.165) is 18.3 Å². The molecule has 45 heavy (non-hydrogen) atoms. The number of fused-ring (bicyclic) bond motifs is 1.